The Morgan fingerprint density at radius 2 is 1.52 bits per heavy atom. The molecule has 3 aliphatic rings. The predicted molar refractivity (Wildman–Crippen MR) is 185 cm³/mol. The lowest BCUT2D eigenvalue weighted by Crippen LogP contribution is -2.52. The van der Waals surface area contributed by atoms with E-state index in [1.54, 1.807) is 29.2 Å². The van der Waals surface area contributed by atoms with E-state index in [9.17, 15) is 9.59 Å². The highest BCUT2D eigenvalue weighted by Gasteiger charge is 2.46. The molecule has 0 radical (unpaired) electrons. The van der Waals surface area contributed by atoms with Crippen LogP contribution in [-0.2, 0) is 14.9 Å². The van der Waals surface area contributed by atoms with Crippen LogP contribution in [0.1, 0.15) is 59.8 Å². The van der Waals surface area contributed by atoms with E-state index in [1.807, 2.05) is 24.3 Å². The molecule has 0 bridgehead atoms. The number of ether oxygens (including phenoxy) is 4. The fraction of sp³-hybridized carbons (Fsp3) is 0.459. The second-order valence-corrected chi connectivity index (χ2v) is 13.5. The Balaban J connectivity index is 1.18. The van der Waals surface area contributed by atoms with E-state index >= 15 is 0 Å². The monoisotopic (exact) mass is 695 g/mol. The highest BCUT2D eigenvalue weighted by molar-refractivity contribution is 6.42. The van der Waals surface area contributed by atoms with Gasteiger partial charge in [0.15, 0.2) is 17.7 Å². The lowest BCUT2D eigenvalue weighted by atomic mass is 9.71. The molecule has 2 atom stereocenters. The standard InChI is InChI=1S/C37H43Cl2N3O6/c1-45-31-22-26(23-32(46-2)33(31)47-3)34(43)42-24-28(48-35(42)25-11-12-29(38)30(39)21-25)13-18-40-19-14-37(15-20-40,27-9-5-4-6-10-27)36(44)41-16-7-8-17-41/h4-6,9-12,21-23,28,35H,7-8,13-20,24H2,1-3H3/t28-,35?/m1/s1. The average molecular weight is 697 g/mol. The summed E-state index contributed by atoms with van der Waals surface area (Å²) in [5.74, 6) is 1.23. The maximum atomic E-state index is 14.1. The summed E-state index contributed by atoms with van der Waals surface area (Å²) < 4.78 is 23.1. The Bertz CT molecular complexity index is 1580. The predicted octanol–water partition coefficient (Wildman–Crippen LogP) is 6.61. The Morgan fingerprint density at radius 3 is 2.12 bits per heavy atom. The van der Waals surface area contributed by atoms with E-state index in [0.29, 0.717) is 39.4 Å². The van der Waals surface area contributed by atoms with Crippen molar-refractivity contribution in [3.8, 4) is 17.2 Å². The van der Waals surface area contributed by atoms with Crippen molar-refractivity contribution in [1.82, 2.24) is 14.7 Å². The van der Waals surface area contributed by atoms with Crippen LogP contribution in [0, 0.1) is 0 Å². The summed E-state index contributed by atoms with van der Waals surface area (Å²) in [6.45, 7) is 4.49. The number of carbonyl (C=O) groups is 2. The van der Waals surface area contributed by atoms with E-state index in [4.69, 9.17) is 42.1 Å². The van der Waals surface area contributed by atoms with Gasteiger partial charge in [-0.3, -0.25) is 9.59 Å². The number of rotatable bonds is 10. The number of halogens is 2. The molecule has 0 aromatic heterocycles. The Morgan fingerprint density at radius 1 is 0.854 bits per heavy atom. The van der Waals surface area contributed by atoms with Crippen LogP contribution in [0.25, 0.3) is 0 Å². The summed E-state index contributed by atoms with van der Waals surface area (Å²) in [5, 5.41) is 0.817. The molecule has 11 heteroatoms. The molecule has 3 aromatic rings. The van der Waals surface area contributed by atoms with E-state index in [-0.39, 0.29) is 17.9 Å². The lowest BCUT2D eigenvalue weighted by Gasteiger charge is -2.43. The van der Waals surface area contributed by atoms with E-state index < -0.39 is 11.6 Å². The number of piperidine rings is 1. The van der Waals surface area contributed by atoms with Crippen LogP contribution in [0.2, 0.25) is 10.0 Å². The van der Waals surface area contributed by atoms with Gasteiger partial charge in [-0.1, -0.05) is 59.6 Å². The SMILES string of the molecule is COc1cc(C(=O)N2C[C@@H](CCN3CCC(C(=O)N4CCCC4)(c4ccccc4)CC3)OC2c2ccc(Cl)c(Cl)c2)cc(OC)c1OC. The minimum absolute atomic E-state index is 0.220. The number of carbonyl (C=O) groups excluding carboxylic acids is 2. The molecule has 3 heterocycles. The van der Waals surface area contributed by atoms with Crippen LogP contribution in [0.5, 0.6) is 17.2 Å². The van der Waals surface area contributed by atoms with Crippen LogP contribution in [-0.4, -0.2) is 93.2 Å². The summed E-state index contributed by atoms with van der Waals surface area (Å²) in [6, 6.07) is 18.9. The summed E-state index contributed by atoms with van der Waals surface area (Å²) in [6.07, 6.45) is 3.53. The zero-order valence-corrected chi connectivity index (χ0v) is 29.3. The molecule has 3 aliphatic heterocycles. The first-order valence-electron chi connectivity index (χ1n) is 16.6. The number of nitrogens with zero attached hydrogens (tertiary/aromatic N) is 3. The molecule has 3 saturated heterocycles. The fourth-order valence-electron chi connectivity index (χ4n) is 7.35. The summed E-state index contributed by atoms with van der Waals surface area (Å²) in [7, 11) is 4.56. The highest BCUT2D eigenvalue weighted by atomic mass is 35.5. The van der Waals surface area contributed by atoms with Gasteiger partial charge in [-0.25, -0.2) is 0 Å². The molecule has 0 spiro atoms. The summed E-state index contributed by atoms with van der Waals surface area (Å²) in [5.41, 5.74) is 1.74. The van der Waals surface area contributed by atoms with Crippen molar-refractivity contribution >= 4 is 35.0 Å². The molecule has 256 valence electrons. The minimum Gasteiger partial charge on any atom is -0.493 e. The van der Waals surface area contributed by atoms with Crippen LogP contribution in [0.3, 0.4) is 0 Å². The van der Waals surface area contributed by atoms with Gasteiger partial charge in [0.05, 0.1) is 49.4 Å². The average Bonchev–Trinajstić information content (AvgIpc) is 3.82. The molecule has 6 rings (SSSR count). The zero-order valence-electron chi connectivity index (χ0n) is 27.8. The Hall–Kier alpha value is -3.50. The molecule has 0 saturated carbocycles. The van der Waals surface area contributed by atoms with Crippen molar-refractivity contribution in [1.29, 1.82) is 0 Å². The molecule has 48 heavy (non-hydrogen) atoms. The van der Waals surface area contributed by atoms with Crippen molar-refractivity contribution in [2.45, 2.75) is 49.9 Å². The zero-order chi connectivity index (χ0) is 33.8. The van der Waals surface area contributed by atoms with Crippen molar-refractivity contribution in [2.24, 2.45) is 0 Å². The first-order valence-corrected chi connectivity index (χ1v) is 17.3. The maximum absolute atomic E-state index is 14.1. The normalized spacial score (nSPS) is 20.9. The van der Waals surface area contributed by atoms with Crippen LogP contribution >= 0.6 is 23.2 Å². The first kappa shape index (κ1) is 34.4. The Kier molecular flexibility index (Phi) is 10.7. The number of hydrogen-bond acceptors (Lipinski definition) is 7. The van der Waals surface area contributed by atoms with Gasteiger partial charge < -0.3 is 33.6 Å². The molecule has 2 amide bonds. The molecular formula is C37H43Cl2N3O6. The number of benzene rings is 3. The van der Waals surface area contributed by atoms with Crippen LogP contribution in [0.15, 0.2) is 60.7 Å². The van der Waals surface area contributed by atoms with Crippen LogP contribution in [0.4, 0.5) is 0 Å². The second-order valence-electron chi connectivity index (χ2n) is 12.7. The highest BCUT2D eigenvalue weighted by Crippen LogP contribution is 2.42. The third-order valence-corrected chi connectivity index (χ3v) is 10.8. The largest absolute Gasteiger partial charge is 0.493 e. The summed E-state index contributed by atoms with van der Waals surface area (Å²) in [4.78, 5) is 34.3. The molecule has 1 unspecified atom stereocenters. The van der Waals surface area contributed by atoms with E-state index in [2.05, 4.69) is 21.9 Å². The number of likely N-dealkylation sites (tertiary alicyclic amines) is 2. The van der Waals surface area contributed by atoms with Crippen molar-refractivity contribution < 1.29 is 28.5 Å². The fourth-order valence-corrected chi connectivity index (χ4v) is 7.66. The maximum Gasteiger partial charge on any atom is 0.256 e. The smallest absolute Gasteiger partial charge is 0.256 e. The third kappa shape index (κ3) is 6.83. The number of methoxy groups -OCH3 is 3. The molecule has 3 fully saturated rings. The van der Waals surface area contributed by atoms with E-state index in [1.165, 1.54) is 21.3 Å². The Labute approximate surface area is 292 Å². The number of hydrogen-bond donors (Lipinski definition) is 0. The first-order chi connectivity index (χ1) is 23.3. The van der Waals surface area contributed by atoms with Gasteiger partial charge in [-0.05, 0) is 75.0 Å². The number of amides is 2. The van der Waals surface area contributed by atoms with Crippen molar-refractivity contribution in [3.05, 3.63) is 87.4 Å². The summed E-state index contributed by atoms with van der Waals surface area (Å²) >= 11 is 12.6. The topological polar surface area (TPSA) is 80.8 Å². The minimum atomic E-state index is -0.665. The third-order valence-electron chi connectivity index (χ3n) is 10.0. The van der Waals surface area contributed by atoms with Crippen molar-refractivity contribution in [2.75, 3.05) is 60.6 Å². The van der Waals surface area contributed by atoms with Gasteiger partial charge in [-0.15, -0.1) is 0 Å². The van der Waals surface area contributed by atoms with Gasteiger partial charge >= 0.3 is 0 Å². The van der Waals surface area contributed by atoms with Gasteiger partial charge in [0.25, 0.3) is 5.91 Å². The van der Waals surface area contributed by atoms with Crippen molar-refractivity contribution in [3.63, 3.8) is 0 Å². The second kappa shape index (κ2) is 14.9. The van der Waals surface area contributed by atoms with Gasteiger partial charge in [0.2, 0.25) is 11.7 Å². The molecule has 3 aromatic carbocycles. The van der Waals surface area contributed by atoms with Crippen LogP contribution < -0.4 is 14.2 Å². The van der Waals surface area contributed by atoms with Gasteiger partial charge in [0.1, 0.15) is 0 Å². The molecule has 0 N–H and O–H groups in total. The van der Waals surface area contributed by atoms with Gasteiger partial charge in [0, 0.05) is 30.8 Å². The molecule has 9 nitrogen and oxygen atoms in total. The van der Waals surface area contributed by atoms with E-state index in [0.717, 1.165) is 76.0 Å². The quantitative estimate of drug-likeness (QED) is 0.236. The molecule has 0 aliphatic carbocycles. The lowest BCUT2D eigenvalue weighted by molar-refractivity contribution is -0.138. The van der Waals surface area contributed by atoms with Gasteiger partial charge in [-0.2, -0.15) is 0 Å². The molecular weight excluding hydrogens is 653 g/mol.